The molecule has 13 rings (SSSR count). The third kappa shape index (κ3) is 5.91. The minimum atomic E-state index is -0.375. The standard InChI is InChI=1S/C57H38N4OS/c1-4-15-35(16-5-1)39-32-46(57-59-55(36-17-6-2-7-18-36)58-56(60-57)37-19-8-3-9-20-37)54-44-29-28-40(34-49(44)62-50(54)33-39)61-47-24-12-10-22-43(47)53-41(23-14-25-48(53)61)38-27-30-52-45(31-38)42-21-11-13-26-51(42)63-52/h1-34,55,57,59H,(H,58,60). The second-order valence-corrected chi connectivity index (χ2v) is 17.4. The molecule has 3 aromatic heterocycles. The van der Waals surface area contributed by atoms with Crippen molar-refractivity contribution in [2.24, 2.45) is 4.99 Å². The number of thiophene rings is 1. The molecule has 2 N–H and O–H groups in total. The van der Waals surface area contributed by atoms with Crippen molar-refractivity contribution in [3.8, 4) is 27.9 Å². The second-order valence-electron chi connectivity index (χ2n) is 16.3. The summed E-state index contributed by atoms with van der Waals surface area (Å²) in [6.07, 6.45) is -0.545. The van der Waals surface area contributed by atoms with Crippen LogP contribution in [0.25, 0.3) is 91.9 Å². The first-order valence-corrected chi connectivity index (χ1v) is 22.2. The van der Waals surface area contributed by atoms with E-state index in [1.54, 1.807) is 0 Å². The number of nitrogens with one attached hydrogen (secondary N) is 2. The van der Waals surface area contributed by atoms with E-state index in [0.29, 0.717) is 0 Å². The quantitative estimate of drug-likeness (QED) is 0.176. The average molecular weight is 827 g/mol. The lowest BCUT2D eigenvalue weighted by atomic mass is 9.96. The van der Waals surface area contributed by atoms with Crippen LogP contribution in [0, 0.1) is 0 Å². The van der Waals surface area contributed by atoms with Gasteiger partial charge in [0.2, 0.25) is 0 Å². The molecular weight excluding hydrogens is 789 g/mol. The molecule has 298 valence electrons. The van der Waals surface area contributed by atoms with Gasteiger partial charge < -0.3 is 14.3 Å². The lowest BCUT2D eigenvalue weighted by molar-refractivity contribution is 0.410. The van der Waals surface area contributed by atoms with Gasteiger partial charge in [-0.15, -0.1) is 11.3 Å². The van der Waals surface area contributed by atoms with Crippen molar-refractivity contribution in [2.45, 2.75) is 12.3 Å². The Bertz CT molecular complexity index is 3750. The molecule has 1 aliphatic rings. The van der Waals surface area contributed by atoms with Crippen LogP contribution in [0.15, 0.2) is 216 Å². The summed E-state index contributed by atoms with van der Waals surface area (Å²) in [7, 11) is 0. The van der Waals surface area contributed by atoms with Crippen molar-refractivity contribution >= 4 is 81.1 Å². The number of nitrogens with zero attached hydrogens (tertiary/aromatic N) is 2. The van der Waals surface area contributed by atoms with Gasteiger partial charge in [0.1, 0.15) is 29.3 Å². The number of amidine groups is 1. The molecule has 5 nitrogen and oxygen atoms in total. The highest BCUT2D eigenvalue weighted by atomic mass is 32.1. The first-order valence-electron chi connectivity index (χ1n) is 21.4. The van der Waals surface area contributed by atoms with E-state index >= 15 is 0 Å². The highest BCUT2D eigenvalue weighted by Gasteiger charge is 2.29. The van der Waals surface area contributed by atoms with E-state index in [9.17, 15) is 0 Å². The van der Waals surface area contributed by atoms with E-state index in [1.165, 1.54) is 42.1 Å². The molecule has 2 unspecified atom stereocenters. The topological polar surface area (TPSA) is 54.5 Å². The van der Waals surface area contributed by atoms with Crippen LogP contribution in [-0.4, -0.2) is 10.4 Å². The first kappa shape index (κ1) is 35.9. The zero-order valence-electron chi connectivity index (χ0n) is 34.0. The third-order valence-corrected chi connectivity index (χ3v) is 13.8. The van der Waals surface area contributed by atoms with Gasteiger partial charge in [0.05, 0.1) is 11.0 Å². The number of furan rings is 1. The smallest absolute Gasteiger partial charge is 0.137 e. The summed E-state index contributed by atoms with van der Waals surface area (Å²) in [5.41, 5.74) is 12.9. The Morgan fingerprint density at radius 3 is 2.03 bits per heavy atom. The number of aliphatic imine (C=N–C) groups is 1. The Morgan fingerprint density at radius 1 is 0.476 bits per heavy atom. The summed E-state index contributed by atoms with van der Waals surface area (Å²) in [6, 6.07) is 73.8. The number of aromatic nitrogens is 1. The molecule has 0 radical (unpaired) electrons. The summed E-state index contributed by atoms with van der Waals surface area (Å²) in [6.45, 7) is 0. The molecule has 63 heavy (non-hydrogen) atoms. The van der Waals surface area contributed by atoms with Crippen LogP contribution in [0.2, 0.25) is 0 Å². The van der Waals surface area contributed by atoms with Crippen LogP contribution >= 0.6 is 11.3 Å². The molecule has 2 atom stereocenters. The predicted octanol–water partition coefficient (Wildman–Crippen LogP) is 14.7. The highest BCUT2D eigenvalue weighted by Crippen LogP contribution is 2.44. The van der Waals surface area contributed by atoms with Crippen LogP contribution < -0.4 is 10.6 Å². The monoisotopic (exact) mass is 826 g/mol. The maximum atomic E-state index is 6.99. The fraction of sp³-hybridized carbons (Fsp3) is 0.0351. The Labute approximate surface area is 367 Å². The van der Waals surface area contributed by atoms with E-state index in [1.807, 2.05) is 17.4 Å². The summed E-state index contributed by atoms with van der Waals surface area (Å²) in [4.78, 5) is 5.41. The number of para-hydroxylation sites is 1. The van der Waals surface area contributed by atoms with Crippen molar-refractivity contribution < 1.29 is 4.42 Å². The van der Waals surface area contributed by atoms with Gasteiger partial charge in [-0.3, -0.25) is 5.32 Å². The van der Waals surface area contributed by atoms with E-state index in [0.717, 1.165) is 72.3 Å². The van der Waals surface area contributed by atoms with Crippen LogP contribution in [0.4, 0.5) is 0 Å². The van der Waals surface area contributed by atoms with E-state index < -0.39 is 0 Å². The van der Waals surface area contributed by atoms with E-state index in [-0.39, 0.29) is 12.3 Å². The summed E-state index contributed by atoms with van der Waals surface area (Å²) < 4.78 is 12.0. The number of fused-ring (bicyclic) bond motifs is 9. The molecule has 0 fully saturated rings. The Hall–Kier alpha value is -7.77. The van der Waals surface area contributed by atoms with Gasteiger partial charge in [-0.05, 0) is 82.4 Å². The van der Waals surface area contributed by atoms with Gasteiger partial charge in [-0.25, -0.2) is 4.99 Å². The zero-order valence-corrected chi connectivity index (χ0v) is 34.8. The number of hydrogen-bond acceptors (Lipinski definition) is 5. The molecule has 4 heterocycles. The summed E-state index contributed by atoms with van der Waals surface area (Å²) in [5.74, 6) is 0.843. The van der Waals surface area contributed by atoms with Gasteiger partial charge in [0.25, 0.3) is 0 Å². The normalized spacial score (nSPS) is 15.5. The number of hydrogen-bond donors (Lipinski definition) is 2. The fourth-order valence-electron chi connectivity index (χ4n) is 9.79. The lowest BCUT2D eigenvalue weighted by Crippen LogP contribution is -2.45. The molecule has 0 spiro atoms. The zero-order chi connectivity index (χ0) is 41.4. The van der Waals surface area contributed by atoms with Crippen LogP contribution in [0.3, 0.4) is 0 Å². The molecule has 1 aliphatic heterocycles. The number of rotatable bonds is 6. The maximum Gasteiger partial charge on any atom is 0.137 e. The summed E-state index contributed by atoms with van der Waals surface area (Å²) >= 11 is 1.86. The van der Waals surface area contributed by atoms with Crippen molar-refractivity contribution in [3.63, 3.8) is 0 Å². The van der Waals surface area contributed by atoms with Gasteiger partial charge >= 0.3 is 0 Å². The minimum absolute atomic E-state index is 0.171. The van der Waals surface area contributed by atoms with Crippen LogP contribution in [0.1, 0.15) is 29.0 Å². The maximum absolute atomic E-state index is 6.99. The van der Waals surface area contributed by atoms with Crippen molar-refractivity contribution in [1.82, 2.24) is 15.2 Å². The number of benzene rings is 9. The molecular formula is C57H38N4OS. The van der Waals surface area contributed by atoms with Crippen molar-refractivity contribution in [3.05, 3.63) is 223 Å². The van der Waals surface area contributed by atoms with Gasteiger partial charge in [-0.2, -0.15) is 0 Å². The molecule has 12 aromatic rings. The lowest BCUT2D eigenvalue weighted by Gasteiger charge is -2.32. The van der Waals surface area contributed by atoms with Gasteiger partial charge in [-0.1, -0.05) is 146 Å². The SMILES string of the molecule is c1ccc(C2=NC(c3cc(-c4ccccc4)cc4oc5cc(-n6c7ccccc7c7c(-c8ccc9sc%10ccccc%10c9c8)cccc76)ccc5c34)NC(c3ccccc3)N2)cc1. The van der Waals surface area contributed by atoms with E-state index in [2.05, 4.69) is 215 Å². The average Bonchev–Trinajstić information content (AvgIpc) is 4.03. The van der Waals surface area contributed by atoms with Crippen LogP contribution in [0.5, 0.6) is 0 Å². The molecule has 6 heteroatoms. The van der Waals surface area contributed by atoms with E-state index in [4.69, 9.17) is 9.41 Å². The van der Waals surface area contributed by atoms with Crippen LogP contribution in [-0.2, 0) is 0 Å². The van der Waals surface area contributed by atoms with Gasteiger partial charge in [0, 0.05) is 64.6 Å². The molecule has 0 saturated carbocycles. The molecule has 0 aliphatic carbocycles. The Morgan fingerprint density at radius 2 is 1.19 bits per heavy atom. The Kier molecular flexibility index (Phi) is 8.22. The second kappa shape index (κ2) is 14.4. The van der Waals surface area contributed by atoms with Crippen molar-refractivity contribution in [1.29, 1.82) is 0 Å². The fourth-order valence-corrected chi connectivity index (χ4v) is 10.9. The first-order chi connectivity index (χ1) is 31.2. The largest absolute Gasteiger partial charge is 0.456 e. The molecule has 0 bridgehead atoms. The minimum Gasteiger partial charge on any atom is -0.456 e. The molecule has 0 saturated heterocycles. The third-order valence-electron chi connectivity index (χ3n) is 12.7. The predicted molar refractivity (Wildman–Crippen MR) is 263 cm³/mol. The molecule has 0 amide bonds. The highest BCUT2D eigenvalue weighted by molar-refractivity contribution is 7.25. The van der Waals surface area contributed by atoms with Gasteiger partial charge in [0.15, 0.2) is 0 Å². The summed E-state index contributed by atoms with van der Waals surface area (Å²) in [5, 5.41) is 14.8. The van der Waals surface area contributed by atoms with Crippen molar-refractivity contribution in [2.75, 3.05) is 0 Å². The Balaban J connectivity index is 1.00. The molecule has 9 aromatic carbocycles.